The summed E-state index contributed by atoms with van der Waals surface area (Å²) in [7, 11) is 0. The van der Waals surface area contributed by atoms with Crippen molar-refractivity contribution in [2.24, 2.45) is 5.41 Å². The van der Waals surface area contributed by atoms with Crippen molar-refractivity contribution in [3.8, 4) is 0 Å². The van der Waals surface area contributed by atoms with Gasteiger partial charge in [-0.15, -0.1) is 0 Å². The summed E-state index contributed by atoms with van der Waals surface area (Å²) in [5, 5.41) is 0. The van der Waals surface area contributed by atoms with Crippen LogP contribution in [0, 0.1) is 11.8 Å². The Labute approximate surface area is 80.3 Å². The predicted octanol–water partition coefficient (Wildman–Crippen LogP) is 0.612. The van der Waals surface area contributed by atoms with Crippen molar-refractivity contribution >= 4 is 12.6 Å². The van der Waals surface area contributed by atoms with Gasteiger partial charge in [-0.3, -0.25) is 0 Å². The van der Waals surface area contributed by atoms with E-state index in [0.29, 0.717) is 12.6 Å². The normalized spacial score (nSPS) is 9.56. The van der Waals surface area contributed by atoms with Crippen molar-refractivity contribution in [1.29, 1.82) is 0 Å². The molecular weight excluding hydrogens is 193 g/mol. The van der Waals surface area contributed by atoms with E-state index in [0.717, 1.165) is 0 Å². The number of hydrogen-bond acceptors (Lipinski definition) is 2. The zero-order valence-corrected chi connectivity index (χ0v) is 8.46. The number of rotatable bonds is 3. The minimum atomic E-state index is -0.861. The molecule has 1 radical (unpaired) electrons. The molecule has 0 bridgehead atoms. The second-order valence-corrected chi connectivity index (χ2v) is 1.89. The first-order valence-electron chi connectivity index (χ1n) is 2.41. The molecule has 0 aromatic rings. The molecule has 0 N–H and O–H groups in total. The predicted molar refractivity (Wildman–Crippen MR) is 30.2 cm³/mol. The van der Waals surface area contributed by atoms with Gasteiger partial charge in [-0.2, -0.15) is 6.92 Å². The average Bonchev–Trinajstić information content (AvgIpc) is 1.87. The minimum Gasteiger partial charge on any atom is -0.312 e. The summed E-state index contributed by atoms with van der Waals surface area (Å²) in [6.07, 6.45) is 2.81. The molecule has 0 amide bonds. The Bertz CT molecular complexity index is 93.2. The number of carbonyl (C=O) groups is 2. The Morgan fingerprint density at radius 1 is 1.33 bits per heavy atom. The van der Waals surface area contributed by atoms with Gasteiger partial charge >= 0.3 is 0 Å². The zero-order valence-electron chi connectivity index (χ0n) is 5.63. The average molecular weight is 202 g/mol. The number of hydrogen-bond donors (Lipinski definition) is 0. The van der Waals surface area contributed by atoms with Crippen molar-refractivity contribution in [2.45, 2.75) is 13.8 Å². The Morgan fingerprint density at radius 2 is 1.67 bits per heavy atom. The van der Waals surface area contributed by atoms with Crippen LogP contribution in [0.1, 0.15) is 13.8 Å². The van der Waals surface area contributed by atoms with Crippen LogP contribution in [0.5, 0.6) is 0 Å². The molecule has 0 rings (SSSR count). The first-order valence-corrected chi connectivity index (χ1v) is 2.41. The topological polar surface area (TPSA) is 34.1 Å². The maximum atomic E-state index is 10.0. The molecule has 2 nitrogen and oxygen atoms in total. The monoisotopic (exact) mass is 202 g/mol. The first-order chi connectivity index (χ1) is 3.68. The van der Waals surface area contributed by atoms with Gasteiger partial charge in [-0.25, -0.2) is 0 Å². The van der Waals surface area contributed by atoms with E-state index in [1.54, 1.807) is 20.3 Å². The molecule has 0 saturated heterocycles. The fraction of sp³-hybridized carbons (Fsp3) is 0.500. The third kappa shape index (κ3) is 3.93. The summed E-state index contributed by atoms with van der Waals surface area (Å²) in [5.41, 5.74) is -0.861. The fourth-order valence-electron chi connectivity index (χ4n) is 0.164. The van der Waals surface area contributed by atoms with E-state index in [9.17, 15) is 9.59 Å². The summed E-state index contributed by atoms with van der Waals surface area (Å²) in [6, 6.07) is 0. The van der Waals surface area contributed by atoms with E-state index in [-0.39, 0.29) is 32.7 Å². The van der Waals surface area contributed by atoms with E-state index in [4.69, 9.17) is 0 Å². The van der Waals surface area contributed by atoms with Gasteiger partial charge < -0.3 is 16.0 Å². The first kappa shape index (κ1) is 12.2. The van der Waals surface area contributed by atoms with Crippen LogP contribution in [0.3, 0.4) is 0 Å². The van der Waals surface area contributed by atoms with E-state index >= 15 is 0 Å². The van der Waals surface area contributed by atoms with Crippen LogP contribution in [0.4, 0.5) is 0 Å². The zero-order chi connectivity index (χ0) is 6.62. The van der Waals surface area contributed by atoms with E-state index in [2.05, 4.69) is 0 Å². The molecule has 0 aliphatic heterocycles. The molecule has 0 aromatic heterocycles. The largest absolute Gasteiger partial charge is 0.312 e. The van der Waals surface area contributed by atoms with Crippen molar-refractivity contribution in [3.63, 3.8) is 0 Å². The van der Waals surface area contributed by atoms with Gasteiger partial charge in [0, 0.05) is 32.7 Å². The molecule has 0 saturated carbocycles. The molecule has 0 spiro atoms. The fourth-order valence-corrected chi connectivity index (χ4v) is 0.164. The van der Waals surface area contributed by atoms with Crippen LogP contribution < -0.4 is 0 Å². The number of carbonyl (C=O) groups excluding carboxylic acids is 2. The van der Waals surface area contributed by atoms with Crippen LogP contribution in [0.2, 0.25) is 0 Å². The maximum Gasteiger partial charge on any atom is 0.102 e. The second kappa shape index (κ2) is 5.25. The van der Waals surface area contributed by atoms with Gasteiger partial charge in [0.1, 0.15) is 12.6 Å². The molecule has 0 unspecified atom stereocenters. The molecule has 0 aliphatic carbocycles. The van der Waals surface area contributed by atoms with Gasteiger partial charge in [-0.05, 0) is 5.41 Å². The van der Waals surface area contributed by atoms with Gasteiger partial charge in [0.25, 0.3) is 0 Å². The van der Waals surface area contributed by atoms with E-state index in [1.165, 1.54) is 0 Å². The Kier molecular flexibility index (Phi) is 7.08. The van der Waals surface area contributed by atoms with Crippen molar-refractivity contribution in [3.05, 3.63) is 6.42 Å². The quantitative estimate of drug-likeness (QED) is 0.381. The van der Waals surface area contributed by atoms with Crippen LogP contribution in [0.25, 0.3) is 0 Å². The summed E-state index contributed by atoms with van der Waals surface area (Å²) in [6.45, 7) is 3.25. The van der Waals surface area contributed by atoms with Crippen molar-refractivity contribution in [2.75, 3.05) is 0 Å². The molecule has 0 fully saturated rings. The maximum absolute atomic E-state index is 10.0. The minimum absolute atomic E-state index is 0. The molecule has 0 aliphatic rings. The molecule has 0 heterocycles. The Balaban J connectivity index is 0. The van der Waals surface area contributed by atoms with Crippen molar-refractivity contribution in [1.82, 2.24) is 0 Å². The third-order valence-electron chi connectivity index (χ3n) is 1.13. The summed E-state index contributed by atoms with van der Waals surface area (Å²) >= 11 is 0. The summed E-state index contributed by atoms with van der Waals surface area (Å²) in [4.78, 5) is 20.1. The van der Waals surface area contributed by atoms with E-state index in [1.807, 2.05) is 0 Å². The summed E-state index contributed by atoms with van der Waals surface area (Å²) in [5.74, 6) is 0. The molecule has 9 heavy (non-hydrogen) atoms. The number of aldehydes is 2. The van der Waals surface area contributed by atoms with Gasteiger partial charge in [0.2, 0.25) is 0 Å². The summed E-state index contributed by atoms with van der Waals surface area (Å²) < 4.78 is 0. The molecule has 49 valence electrons. The second-order valence-electron chi connectivity index (χ2n) is 1.89. The van der Waals surface area contributed by atoms with Crippen LogP contribution in [-0.2, 0) is 42.3 Å². The van der Waals surface area contributed by atoms with Gasteiger partial charge in [0.15, 0.2) is 0 Å². The Hall–Kier alpha value is 0.444. The van der Waals surface area contributed by atoms with Crippen LogP contribution in [-0.4, -0.2) is 12.6 Å². The molecule has 0 atom stereocenters. The van der Waals surface area contributed by atoms with E-state index < -0.39 is 5.41 Å². The molecule has 3 heteroatoms. The third-order valence-corrected chi connectivity index (χ3v) is 1.13. The van der Waals surface area contributed by atoms with Gasteiger partial charge in [-0.1, -0.05) is 6.92 Å². The van der Waals surface area contributed by atoms with Crippen LogP contribution in [0.15, 0.2) is 0 Å². The standard InChI is InChI=1S/C6H9O2.Y/c1-3-6(2,4-7)5-8;/h3-5H,1-2H3;/q-1;. The van der Waals surface area contributed by atoms with Crippen LogP contribution >= 0.6 is 0 Å². The van der Waals surface area contributed by atoms with Gasteiger partial charge in [0.05, 0.1) is 0 Å². The molecular formula is C6H9O2Y-. The van der Waals surface area contributed by atoms with Crippen molar-refractivity contribution < 1.29 is 42.3 Å². The Morgan fingerprint density at radius 3 is 1.67 bits per heavy atom. The molecule has 0 aromatic carbocycles. The smallest absolute Gasteiger partial charge is 0.102 e. The SMILES string of the molecule is C[CH-]C(C)(C=O)C=O.[Y].